The third-order valence-electron chi connectivity index (χ3n) is 3.63. The number of nitrogens with zero attached hydrogens (tertiary/aromatic N) is 6. The Labute approximate surface area is 127 Å². The summed E-state index contributed by atoms with van der Waals surface area (Å²) in [7, 11) is 1.99. The molecule has 0 N–H and O–H groups in total. The van der Waals surface area contributed by atoms with Crippen LogP contribution in [0.2, 0.25) is 0 Å². The highest BCUT2D eigenvalue weighted by molar-refractivity contribution is 5.78. The molecule has 0 fully saturated rings. The van der Waals surface area contributed by atoms with Crippen molar-refractivity contribution in [3.63, 3.8) is 0 Å². The zero-order valence-corrected chi connectivity index (χ0v) is 12.3. The van der Waals surface area contributed by atoms with Crippen molar-refractivity contribution in [2.45, 2.75) is 6.92 Å². The first-order valence-electron chi connectivity index (χ1n) is 6.97. The van der Waals surface area contributed by atoms with Crippen LogP contribution in [0.3, 0.4) is 0 Å². The molecule has 4 rings (SSSR count). The van der Waals surface area contributed by atoms with E-state index in [9.17, 15) is 0 Å². The number of rotatable bonds is 2. The van der Waals surface area contributed by atoms with Crippen LogP contribution < -0.4 is 0 Å². The summed E-state index contributed by atoms with van der Waals surface area (Å²) < 4.78 is 4.03. The van der Waals surface area contributed by atoms with Gasteiger partial charge in [0.05, 0.1) is 17.4 Å². The van der Waals surface area contributed by atoms with Gasteiger partial charge in [0.1, 0.15) is 11.5 Å². The molecular formula is C16H14N6. The second-order valence-electron chi connectivity index (χ2n) is 5.14. The van der Waals surface area contributed by atoms with E-state index >= 15 is 0 Å². The van der Waals surface area contributed by atoms with Gasteiger partial charge in [-0.3, -0.25) is 4.57 Å². The van der Waals surface area contributed by atoms with Crippen molar-refractivity contribution < 1.29 is 0 Å². The standard InChI is InChI=1S/C16H14N6/c1-11-17-6-5-14(20-11)16-18-7-8-22(16)12-3-4-13-15(9-12)21(2)10-19-13/h3-10H,1-2H3. The maximum Gasteiger partial charge on any atom is 0.163 e. The first-order valence-corrected chi connectivity index (χ1v) is 6.97. The Hall–Kier alpha value is -3.02. The van der Waals surface area contributed by atoms with E-state index < -0.39 is 0 Å². The number of fused-ring (bicyclic) bond motifs is 1. The van der Waals surface area contributed by atoms with Gasteiger partial charge in [0, 0.05) is 31.3 Å². The average molecular weight is 290 g/mol. The molecule has 0 aliphatic heterocycles. The predicted octanol–water partition coefficient (Wildman–Crippen LogP) is 2.52. The van der Waals surface area contributed by atoms with Crippen LogP contribution in [0.5, 0.6) is 0 Å². The van der Waals surface area contributed by atoms with Crippen LogP contribution in [-0.4, -0.2) is 29.1 Å². The van der Waals surface area contributed by atoms with Gasteiger partial charge in [-0.05, 0) is 31.2 Å². The summed E-state index contributed by atoms with van der Waals surface area (Å²) in [6.07, 6.45) is 7.28. The zero-order chi connectivity index (χ0) is 15.1. The maximum absolute atomic E-state index is 4.46. The fourth-order valence-corrected chi connectivity index (χ4v) is 2.55. The molecule has 6 nitrogen and oxygen atoms in total. The van der Waals surface area contributed by atoms with E-state index in [0.717, 1.165) is 34.1 Å². The molecule has 0 radical (unpaired) electrons. The Kier molecular flexibility index (Phi) is 2.75. The van der Waals surface area contributed by atoms with Crippen LogP contribution in [0.1, 0.15) is 5.82 Å². The van der Waals surface area contributed by atoms with Gasteiger partial charge in [0.25, 0.3) is 0 Å². The highest BCUT2D eigenvalue weighted by Crippen LogP contribution is 2.22. The number of hydrogen-bond acceptors (Lipinski definition) is 4. The van der Waals surface area contributed by atoms with Crippen molar-refractivity contribution in [1.29, 1.82) is 0 Å². The van der Waals surface area contributed by atoms with E-state index in [1.54, 1.807) is 12.4 Å². The molecule has 3 heterocycles. The first kappa shape index (κ1) is 12.7. The number of imidazole rings is 2. The normalized spacial score (nSPS) is 11.2. The summed E-state index contributed by atoms with van der Waals surface area (Å²) in [6, 6.07) is 8.02. The van der Waals surface area contributed by atoms with Gasteiger partial charge >= 0.3 is 0 Å². The molecule has 0 unspecified atom stereocenters. The van der Waals surface area contributed by atoms with Crippen LogP contribution in [0, 0.1) is 6.92 Å². The third kappa shape index (κ3) is 1.96. The molecule has 0 bridgehead atoms. The van der Waals surface area contributed by atoms with Crippen molar-refractivity contribution in [1.82, 2.24) is 29.1 Å². The van der Waals surface area contributed by atoms with Crippen LogP contribution in [0.25, 0.3) is 28.2 Å². The number of benzene rings is 1. The van der Waals surface area contributed by atoms with Crippen LogP contribution in [0.15, 0.2) is 49.2 Å². The predicted molar refractivity (Wildman–Crippen MR) is 83.6 cm³/mol. The fourth-order valence-electron chi connectivity index (χ4n) is 2.55. The van der Waals surface area contributed by atoms with Gasteiger partial charge in [-0.1, -0.05) is 0 Å². The SMILES string of the molecule is Cc1nccc(-c2nccn2-c2ccc3ncn(C)c3c2)n1. The van der Waals surface area contributed by atoms with Gasteiger partial charge in [0.15, 0.2) is 5.82 Å². The summed E-state index contributed by atoms with van der Waals surface area (Å²) in [5.74, 6) is 1.53. The maximum atomic E-state index is 4.46. The Morgan fingerprint density at radius 1 is 1.00 bits per heavy atom. The molecule has 4 aromatic rings. The lowest BCUT2D eigenvalue weighted by atomic mass is 10.2. The second-order valence-corrected chi connectivity index (χ2v) is 5.14. The van der Waals surface area contributed by atoms with Gasteiger partial charge in [0.2, 0.25) is 0 Å². The molecule has 1 aromatic carbocycles. The van der Waals surface area contributed by atoms with E-state index in [4.69, 9.17) is 0 Å². The first-order chi connectivity index (χ1) is 10.7. The molecule has 0 aliphatic rings. The molecular weight excluding hydrogens is 276 g/mol. The van der Waals surface area contributed by atoms with E-state index in [1.165, 1.54) is 0 Å². The summed E-state index contributed by atoms with van der Waals surface area (Å²) in [4.78, 5) is 17.4. The Morgan fingerprint density at radius 2 is 1.91 bits per heavy atom. The van der Waals surface area contributed by atoms with Crippen molar-refractivity contribution in [3.05, 3.63) is 55.0 Å². The lowest BCUT2D eigenvalue weighted by molar-refractivity contribution is 0.945. The molecule has 0 spiro atoms. The minimum absolute atomic E-state index is 0.731. The highest BCUT2D eigenvalue weighted by Gasteiger charge is 2.10. The van der Waals surface area contributed by atoms with Crippen molar-refractivity contribution >= 4 is 11.0 Å². The minimum atomic E-state index is 0.731. The topological polar surface area (TPSA) is 61.4 Å². The minimum Gasteiger partial charge on any atom is -0.334 e. The second kappa shape index (κ2) is 4.77. The molecule has 0 aliphatic carbocycles. The number of aryl methyl sites for hydroxylation is 2. The van der Waals surface area contributed by atoms with Crippen molar-refractivity contribution in [2.24, 2.45) is 7.05 Å². The molecule has 6 heteroatoms. The highest BCUT2D eigenvalue weighted by atomic mass is 15.1. The summed E-state index contributed by atoms with van der Waals surface area (Å²) in [6.45, 7) is 1.87. The third-order valence-corrected chi connectivity index (χ3v) is 3.63. The Morgan fingerprint density at radius 3 is 2.77 bits per heavy atom. The van der Waals surface area contributed by atoms with E-state index in [1.807, 2.05) is 53.8 Å². The van der Waals surface area contributed by atoms with E-state index in [2.05, 4.69) is 26.0 Å². The molecule has 0 saturated carbocycles. The van der Waals surface area contributed by atoms with Crippen molar-refractivity contribution in [3.8, 4) is 17.2 Å². The Balaban J connectivity index is 1.89. The Bertz CT molecular complexity index is 966. The smallest absolute Gasteiger partial charge is 0.163 e. The molecule has 22 heavy (non-hydrogen) atoms. The van der Waals surface area contributed by atoms with Gasteiger partial charge in [-0.2, -0.15) is 0 Å². The van der Waals surface area contributed by atoms with Gasteiger partial charge in [-0.25, -0.2) is 19.9 Å². The molecule has 108 valence electrons. The van der Waals surface area contributed by atoms with Crippen LogP contribution >= 0.6 is 0 Å². The number of hydrogen-bond donors (Lipinski definition) is 0. The van der Waals surface area contributed by atoms with Gasteiger partial charge < -0.3 is 4.57 Å². The zero-order valence-electron chi connectivity index (χ0n) is 12.3. The van der Waals surface area contributed by atoms with E-state index in [0.29, 0.717) is 0 Å². The largest absolute Gasteiger partial charge is 0.334 e. The summed E-state index contributed by atoms with van der Waals surface area (Å²) >= 11 is 0. The van der Waals surface area contributed by atoms with Crippen molar-refractivity contribution in [2.75, 3.05) is 0 Å². The lowest BCUT2D eigenvalue weighted by Crippen LogP contribution is -1.99. The molecule has 0 amide bonds. The summed E-state index contributed by atoms with van der Waals surface area (Å²) in [5.41, 5.74) is 3.89. The van der Waals surface area contributed by atoms with Crippen LogP contribution in [-0.2, 0) is 7.05 Å². The van der Waals surface area contributed by atoms with Gasteiger partial charge in [-0.15, -0.1) is 0 Å². The van der Waals surface area contributed by atoms with E-state index in [-0.39, 0.29) is 0 Å². The number of aromatic nitrogens is 6. The van der Waals surface area contributed by atoms with Crippen LogP contribution in [0.4, 0.5) is 0 Å². The fraction of sp³-hybridized carbons (Fsp3) is 0.125. The summed E-state index contributed by atoms with van der Waals surface area (Å²) in [5, 5.41) is 0. The quantitative estimate of drug-likeness (QED) is 0.569. The average Bonchev–Trinajstić information content (AvgIpc) is 3.14. The molecule has 0 saturated heterocycles. The monoisotopic (exact) mass is 290 g/mol. The molecule has 0 atom stereocenters. The molecule has 3 aromatic heterocycles. The lowest BCUT2D eigenvalue weighted by Gasteiger charge is -2.08.